The molecule has 3 aromatic rings. The Morgan fingerprint density at radius 3 is 2.96 bits per heavy atom. The molecular formula is C20H21N3O2. The maximum atomic E-state index is 12.5. The van der Waals surface area contributed by atoms with E-state index in [1.807, 2.05) is 37.4 Å². The average Bonchev–Trinajstić information content (AvgIpc) is 3.04. The van der Waals surface area contributed by atoms with E-state index in [0.717, 1.165) is 23.2 Å². The van der Waals surface area contributed by atoms with Crippen molar-refractivity contribution in [1.29, 1.82) is 0 Å². The number of hydrogen-bond donors (Lipinski definition) is 2. The summed E-state index contributed by atoms with van der Waals surface area (Å²) in [4.78, 5) is 20.3. The third kappa shape index (κ3) is 2.91. The Morgan fingerprint density at radius 1 is 1.28 bits per heavy atom. The molecule has 2 N–H and O–H groups in total. The first-order valence-electron chi connectivity index (χ1n) is 8.70. The van der Waals surface area contributed by atoms with E-state index < -0.39 is 0 Å². The Hall–Kier alpha value is -2.66. The molecule has 3 heterocycles. The van der Waals surface area contributed by atoms with Crippen molar-refractivity contribution in [2.45, 2.75) is 31.8 Å². The number of aromatic nitrogens is 2. The zero-order valence-corrected chi connectivity index (χ0v) is 14.2. The predicted octanol–water partition coefficient (Wildman–Crippen LogP) is 3.12. The number of H-pyrrole nitrogens is 1. The number of nitrogens with one attached hydrogen (secondary N) is 2. The van der Waals surface area contributed by atoms with Gasteiger partial charge in [0.15, 0.2) is 0 Å². The molecule has 0 aliphatic carbocycles. The smallest absolute Gasteiger partial charge is 0.323 e. The first-order chi connectivity index (χ1) is 12.3. The number of hydrogen-bond acceptors (Lipinski definition) is 4. The van der Waals surface area contributed by atoms with Gasteiger partial charge in [-0.25, -0.2) is 0 Å². The van der Waals surface area contributed by atoms with Crippen LogP contribution >= 0.6 is 0 Å². The van der Waals surface area contributed by atoms with Crippen molar-refractivity contribution >= 4 is 16.9 Å². The number of para-hydroxylation sites is 1. The lowest BCUT2D eigenvalue weighted by Gasteiger charge is -2.30. The van der Waals surface area contributed by atoms with Crippen LogP contribution in [0.1, 0.15) is 36.2 Å². The quantitative estimate of drug-likeness (QED) is 0.719. The molecule has 4 rings (SSSR count). The third-order valence-electron chi connectivity index (χ3n) is 4.66. The minimum Gasteiger partial charge on any atom is -0.465 e. The van der Waals surface area contributed by atoms with Crippen LogP contribution in [0, 0.1) is 0 Å². The van der Waals surface area contributed by atoms with Crippen LogP contribution in [0.5, 0.6) is 0 Å². The van der Waals surface area contributed by atoms with Crippen molar-refractivity contribution in [2.24, 2.45) is 0 Å². The van der Waals surface area contributed by atoms with Gasteiger partial charge < -0.3 is 9.72 Å². The van der Waals surface area contributed by atoms with E-state index in [4.69, 9.17) is 4.74 Å². The average molecular weight is 335 g/mol. The molecule has 128 valence electrons. The largest absolute Gasteiger partial charge is 0.465 e. The zero-order valence-electron chi connectivity index (χ0n) is 14.2. The van der Waals surface area contributed by atoms with Crippen molar-refractivity contribution in [3.05, 3.63) is 65.6 Å². The highest BCUT2D eigenvalue weighted by Crippen LogP contribution is 2.35. The van der Waals surface area contributed by atoms with E-state index in [1.165, 1.54) is 10.9 Å². The first-order valence-corrected chi connectivity index (χ1v) is 8.70. The standard InChI is InChI=1S/C20H21N3O2/c1-2-10-25-20(24)17-11-15-14-7-3-4-8-16(14)22-19(15)18(23-17)13-6-5-9-21-12-13/h3-9,12,17-18,22-23H,2,10-11H2,1H3. The number of benzene rings is 1. The summed E-state index contributed by atoms with van der Waals surface area (Å²) in [5, 5.41) is 4.62. The molecule has 2 unspecified atom stereocenters. The number of esters is 1. The molecule has 0 saturated heterocycles. The molecule has 1 aliphatic heterocycles. The van der Waals surface area contributed by atoms with Gasteiger partial charge in [0.25, 0.3) is 0 Å². The highest BCUT2D eigenvalue weighted by atomic mass is 16.5. The summed E-state index contributed by atoms with van der Waals surface area (Å²) in [5.74, 6) is -0.188. The Balaban J connectivity index is 1.77. The van der Waals surface area contributed by atoms with Gasteiger partial charge in [-0.05, 0) is 29.7 Å². The Labute approximate surface area is 146 Å². The SMILES string of the molecule is CCCOC(=O)C1Cc2c([nH]c3ccccc23)C(c2cccnc2)N1. The predicted molar refractivity (Wildman–Crippen MR) is 96.3 cm³/mol. The molecule has 0 bridgehead atoms. The summed E-state index contributed by atoms with van der Waals surface area (Å²) in [6, 6.07) is 11.7. The van der Waals surface area contributed by atoms with E-state index >= 15 is 0 Å². The second-order valence-corrected chi connectivity index (χ2v) is 6.37. The summed E-state index contributed by atoms with van der Waals surface area (Å²) in [6.45, 7) is 2.45. The van der Waals surface area contributed by atoms with Crippen LogP contribution in [-0.4, -0.2) is 28.6 Å². The van der Waals surface area contributed by atoms with Crippen LogP contribution in [0.3, 0.4) is 0 Å². The Kier molecular flexibility index (Phi) is 4.24. The van der Waals surface area contributed by atoms with Gasteiger partial charge in [-0.1, -0.05) is 31.2 Å². The minimum atomic E-state index is -0.358. The summed E-state index contributed by atoms with van der Waals surface area (Å²) >= 11 is 0. The fraction of sp³-hybridized carbons (Fsp3) is 0.300. The summed E-state index contributed by atoms with van der Waals surface area (Å²) in [5.41, 5.74) is 4.41. The lowest BCUT2D eigenvalue weighted by molar-refractivity contribution is -0.146. The number of nitrogens with zero attached hydrogens (tertiary/aromatic N) is 1. The van der Waals surface area contributed by atoms with Crippen LogP contribution in [0.25, 0.3) is 10.9 Å². The summed E-state index contributed by atoms with van der Waals surface area (Å²) in [7, 11) is 0. The monoisotopic (exact) mass is 335 g/mol. The second-order valence-electron chi connectivity index (χ2n) is 6.37. The summed E-state index contributed by atoms with van der Waals surface area (Å²) < 4.78 is 5.39. The molecule has 5 heteroatoms. The lowest BCUT2D eigenvalue weighted by Crippen LogP contribution is -2.45. The molecule has 0 saturated carbocycles. The molecule has 0 amide bonds. The molecule has 25 heavy (non-hydrogen) atoms. The van der Waals surface area contributed by atoms with Crippen molar-refractivity contribution in [2.75, 3.05) is 6.61 Å². The lowest BCUT2D eigenvalue weighted by atomic mass is 9.91. The summed E-state index contributed by atoms with van der Waals surface area (Å²) in [6.07, 6.45) is 5.04. The Morgan fingerprint density at radius 2 is 2.16 bits per heavy atom. The van der Waals surface area contributed by atoms with E-state index in [0.29, 0.717) is 13.0 Å². The number of carbonyl (C=O) groups excluding carboxylic acids is 1. The van der Waals surface area contributed by atoms with Crippen LogP contribution in [-0.2, 0) is 16.0 Å². The van der Waals surface area contributed by atoms with E-state index in [2.05, 4.69) is 27.4 Å². The van der Waals surface area contributed by atoms with Crippen molar-refractivity contribution in [3.63, 3.8) is 0 Å². The molecule has 1 aliphatic rings. The van der Waals surface area contributed by atoms with Crippen molar-refractivity contribution < 1.29 is 9.53 Å². The highest BCUT2D eigenvalue weighted by Gasteiger charge is 2.34. The van der Waals surface area contributed by atoms with Crippen molar-refractivity contribution in [1.82, 2.24) is 15.3 Å². The van der Waals surface area contributed by atoms with Crippen molar-refractivity contribution in [3.8, 4) is 0 Å². The third-order valence-corrected chi connectivity index (χ3v) is 4.66. The number of aromatic amines is 1. The molecule has 2 aromatic heterocycles. The fourth-order valence-electron chi connectivity index (χ4n) is 3.50. The second kappa shape index (κ2) is 6.69. The molecule has 5 nitrogen and oxygen atoms in total. The first kappa shape index (κ1) is 15.8. The van der Waals surface area contributed by atoms with Gasteiger partial charge in [0.2, 0.25) is 0 Å². The maximum absolute atomic E-state index is 12.5. The molecule has 0 radical (unpaired) electrons. The fourth-order valence-corrected chi connectivity index (χ4v) is 3.50. The zero-order chi connectivity index (χ0) is 17.2. The van der Waals surface area contributed by atoms with E-state index in [9.17, 15) is 4.79 Å². The number of carbonyl (C=O) groups is 1. The number of rotatable bonds is 4. The van der Waals surface area contributed by atoms with Gasteiger partial charge in [-0.15, -0.1) is 0 Å². The van der Waals surface area contributed by atoms with Crippen LogP contribution < -0.4 is 5.32 Å². The molecule has 0 spiro atoms. The van der Waals surface area contributed by atoms with E-state index in [-0.39, 0.29) is 18.1 Å². The maximum Gasteiger partial charge on any atom is 0.323 e. The van der Waals surface area contributed by atoms with Gasteiger partial charge in [-0.2, -0.15) is 0 Å². The molecular weight excluding hydrogens is 314 g/mol. The topological polar surface area (TPSA) is 67.0 Å². The van der Waals surface area contributed by atoms with Gasteiger partial charge >= 0.3 is 5.97 Å². The molecule has 1 aromatic carbocycles. The Bertz CT molecular complexity index is 888. The van der Waals surface area contributed by atoms with Gasteiger partial charge in [0.05, 0.1) is 12.6 Å². The molecule has 2 atom stereocenters. The van der Waals surface area contributed by atoms with Gasteiger partial charge in [0.1, 0.15) is 6.04 Å². The number of fused-ring (bicyclic) bond motifs is 3. The van der Waals surface area contributed by atoms with Crippen LogP contribution in [0.2, 0.25) is 0 Å². The van der Waals surface area contributed by atoms with Gasteiger partial charge in [-0.3, -0.25) is 15.1 Å². The van der Waals surface area contributed by atoms with E-state index in [1.54, 1.807) is 6.20 Å². The van der Waals surface area contributed by atoms with Crippen LogP contribution in [0.4, 0.5) is 0 Å². The van der Waals surface area contributed by atoms with Gasteiger partial charge in [0, 0.05) is 35.4 Å². The number of pyridine rings is 1. The molecule has 0 fully saturated rings. The number of ether oxygens (including phenoxy) is 1. The normalized spacial score (nSPS) is 19.6. The van der Waals surface area contributed by atoms with Crippen LogP contribution in [0.15, 0.2) is 48.8 Å². The highest BCUT2D eigenvalue weighted by molar-refractivity contribution is 5.87. The minimum absolute atomic E-state index is 0.107.